The van der Waals surface area contributed by atoms with E-state index in [9.17, 15) is 9.59 Å². The summed E-state index contributed by atoms with van der Waals surface area (Å²) in [6.45, 7) is 2.10. The first kappa shape index (κ1) is 16.5. The second-order valence-electron chi connectivity index (χ2n) is 3.95. The summed E-state index contributed by atoms with van der Waals surface area (Å²) in [6.07, 6.45) is 4.06. The van der Waals surface area contributed by atoms with E-state index in [2.05, 4.69) is 10.7 Å². The minimum absolute atomic E-state index is 0.000113. The Morgan fingerprint density at radius 3 is 2.71 bits per heavy atom. The van der Waals surface area contributed by atoms with Gasteiger partial charge in [0.15, 0.2) is 0 Å². The molecule has 1 aromatic carbocycles. The highest BCUT2D eigenvalue weighted by Crippen LogP contribution is 2.21. The molecule has 0 saturated carbocycles. The standard InChI is InChI=1S/C15H16O6/c1-4-7-19-8-9-20-15(17)21-13-10-11(2)5-6-12(13)14(16)18-3/h1,5-6,10H,7-9H2,2-3H3. The molecule has 21 heavy (non-hydrogen) atoms. The lowest BCUT2D eigenvalue weighted by molar-refractivity contribution is 0.0569. The third kappa shape index (κ3) is 5.55. The first-order valence-corrected chi connectivity index (χ1v) is 6.13. The zero-order valence-corrected chi connectivity index (χ0v) is 11.9. The number of carbonyl (C=O) groups excluding carboxylic acids is 2. The summed E-state index contributed by atoms with van der Waals surface area (Å²) in [5, 5.41) is 0. The molecule has 0 fully saturated rings. The highest BCUT2D eigenvalue weighted by molar-refractivity contribution is 5.93. The molecule has 0 unspecified atom stereocenters. The molecule has 0 bridgehead atoms. The molecule has 1 aromatic rings. The molecule has 1 rings (SSSR count). The Labute approximate surface area is 122 Å². The fourth-order valence-corrected chi connectivity index (χ4v) is 1.43. The molecule has 0 spiro atoms. The fourth-order valence-electron chi connectivity index (χ4n) is 1.43. The molecule has 0 saturated heterocycles. The maximum Gasteiger partial charge on any atom is 0.513 e. The quantitative estimate of drug-likeness (QED) is 0.345. The summed E-state index contributed by atoms with van der Waals surface area (Å²) < 4.78 is 19.3. The van der Waals surface area contributed by atoms with Crippen LogP contribution in [0.4, 0.5) is 4.79 Å². The minimum Gasteiger partial charge on any atom is -0.465 e. The molecule has 0 heterocycles. The molecule has 0 amide bonds. The minimum atomic E-state index is -0.935. The van der Waals surface area contributed by atoms with Gasteiger partial charge in [0, 0.05) is 0 Å². The Balaban J connectivity index is 2.61. The van der Waals surface area contributed by atoms with Crippen LogP contribution in [0.15, 0.2) is 18.2 Å². The Morgan fingerprint density at radius 1 is 1.29 bits per heavy atom. The first-order valence-electron chi connectivity index (χ1n) is 6.13. The van der Waals surface area contributed by atoms with Crippen molar-refractivity contribution in [1.82, 2.24) is 0 Å². The van der Waals surface area contributed by atoms with Gasteiger partial charge >= 0.3 is 12.1 Å². The topological polar surface area (TPSA) is 71.1 Å². The Kier molecular flexibility index (Phi) is 6.78. The molecule has 0 aliphatic carbocycles. The Morgan fingerprint density at radius 2 is 2.05 bits per heavy atom. The molecular weight excluding hydrogens is 276 g/mol. The SMILES string of the molecule is C#CCOCCOC(=O)Oc1cc(C)ccc1C(=O)OC. The highest BCUT2D eigenvalue weighted by atomic mass is 16.7. The molecule has 112 valence electrons. The van der Waals surface area contributed by atoms with Gasteiger partial charge in [-0.2, -0.15) is 0 Å². The second kappa shape index (κ2) is 8.61. The van der Waals surface area contributed by atoms with Gasteiger partial charge in [-0.05, 0) is 24.6 Å². The lowest BCUT2D eigenvalue weighted by Gasteiger charge is -2.10. The van der Waals surface area contributed by atoms with Crippen LogP contribution in [0, 0.1) is 19.3 Å². The van der Waals surface area contributed by atoms with Crippen LogP contribution in [-0.2, 0) is 14.2 Å². The molecule has 6 heteroatoms. The van der Waals surface area contributed by atoms with Gasteiger partial charge in [0.25, 0.3) is 0 Å². The summed E-state index contributed by atoms with van der Waals surface area (Å²) in [5.41, 5.74) is 0.964. The zero-order chi connectivity index (χ0) is 15.7. The van der Waals surface area contributed by atoms with Gasteiger partial charge < -0.3 is 18.9 Å². The largest absolute Gasteiger partial charge is 0.513 e. The maximum atomic E-state index is 11.6. The summed E-state index contributed by atoms with van der Waals surface area (Å²) in [7, 11) is 1.24. The van der Waals surface area contributed by atoms with Crippen molar-refractivity contribution in [3.8, 4) is 18.1 Å². The smallest absolute Gasteiger partial charge is 0.465 e. The van der Waals surface area contributed by atoms with Gasteiger partial charge in [0.2, 0.25) is 0 Å². The van der Waals surface area contributed by atoms with Crippen LogP contribution < -0.4 is 4.74 Å². The van der Waals surface area contributed by atoms with E-state index in [1.807, 2.05) is 0 Å². The van der Waals surface area contributed by atoms with Gasteiger partial charge in [0.1, 0.15) is 24.5 Å². The zero-order valence-electron chi connectivity index (χ0n) is 11.9. The van der Waals surface area contributed by atoms with Gasteiger partial charge in [-0.3, -0.25) is 0 Å². The Hall–Kier alpha value is -2.52. The number of hydrogen-bond donors (Lipinski definition) is 0. The number of methoxy groups -OCH3 is 1. The van der Waals surface area contributed by atoms with Crippen molar-refractivity contribution in [2.45, 2.75) is 6.92 Å². The number of terminal acetylenes is 1. The fraction of sp³-hybridized carbons (Fsp3) is 0.333. The van der Waals surface area contributed by atoms with E-state index in [1.165, 1.54) is 13.2 Å². The van der Waals surface area contributed by atoms with E-state index in [4.69, 9.17) is 20.6 Å². The van der Waals surface area contributed by atoms with Gasteiger partial charge in [-0.1, -0.05) is 12.0 Å². The summed E-state index contributed by atoms with van der Waals surface area (Å²) in [4.78, 5) is 23.1. The maximum absolute atomic E-state index is 11.6. The van der Waals surface area contributed by atoms with Crippen molar-refractivity contribution in [3.63, 3.8) is 0 Å². The van der Waals surface area contributed by atoms with Crippen LogP contribution in [-0.4, -0.2) is 39.1 Å². The normalized spacial score (nSPS) is 9.57. The van der Waals surface area contributed by atoms with Crippen LogP contribution in [0.25, 0.3) is 0 Å². The van der Waals surface area contributed by atoms with E-state index >= 15 is 0 Å². The molecule has 0 N–H and O–H groups in total. The predicted octanol–water partition coefficient (Wildman–Crippen LogP) is 1.95. The molecule has 0 atom stereocenters. The van der Waals surface area contributed by atoms with Crippen molar-refractivity contribution in [2.75, 3.05) is 26.9 Å². The molecule has 0 aliphatic heterocycles. The van der Waals surface area contributed by atoms with Gasteiger partial charge in [-0.25, -0.2) is 9.59 Å². The summed E-state index contributed by atoms with van der Waals surface area (Å²) in [5.74, 6) is 1.76. The van der Waals surface area contributed by atoms with Crippen molar-refractivity contribution < 1.29 is 28.5 Å². The van der Waals surface area contributed by atoms with Crippen molar-refractivity contribution in [2.24, 2.45) is 0 Å². The van der Waals surface area contributed by atoms with Crippen LogP contribution in [0.3, 0.4) is 0 Å². The number of hydrogen-bond acceptors (Lipinski definition) is 6. The van der Waals surface area contributed by atoms with Crippen molar-refractivity contribution in [1.29, 1.82) is 0 Å². The summed E-state index contributed by atoms with van der Waals surface area (Å²) >= 11 is 0. The number of benzene rings is 1. The van der Waals surface area contributed by atoms with Crippen LogP contribution in [0.2, 0.25) is 0 Å². The van der Waals surface area contributed by atoms with E-state index < -0.39 is 12.1 Å². The highest BCUT2D eigenvalue weighted by Gasteiger charge is 2.16. The second-order valence-corrected chi connectivity index (χ2v) is 3.95. The third-order valence-corrected chi connectivity index (χ3v) is 2.37. The summed E-state index contributed by atoms with van der Waals surface area (Å²) in [6, 6.07) is 4.76. The van der Waals surface area contributed by atoms with E-state index in [-0.39, 0.29) is 31.1 Å². The number of aryl methyl sites for hydroxylation is 1. The number of ether oxygens (including phenoxy) is 4. The van der Waals surface area contributed by atoms with Crippen LogP contribution >= 0.6 is 0 Å². The van der Waals surface area contributed by atoms with E-state index in [1.54, 1.807) is 19.1 Å². The van der Waals surface area contributed by atoms with Crippen LogP contribution in [0.5, 0.6) is 5.75 Å². The van der Waals surface area contributed by atoms with Crippen molar-refractivity contribution in [3.05, 3.63) is 29.3 Å². The van der Waals surface area contributed by atoms with Crippen molar-refractivity contribution >= 4 is 12.1 Å². The molecule has 6 nitrogen and oxygen atoms in total. The molecule has 0 aliphatic rings. The lowest BCUT2D eigenvalue weighted by atomic mass is 10.1. The molecular formula is C15H16O6. The van der Waals surface area contributed by atoms with Crippen LogP contribution in [0.1, 0.15) is 15.9 Å². The third-order valence-electron chi connectivity index (χ3n) is 2.37. The van der Waals surface area contributed by atoms with E-state index in [0.29, 0.717) is 0 Å². The van der Waals surface area contributed by atoms with Gasteiger partial charge in [0.05, 0.1) is 13.7 Å². The monoisotopic (exact) mass is 292 g/mol. The number of rotatable bonds is 6. The predicted molar refractivity (Wildman–Crippen MR) is 74.1 cm³/mol. The molecule has 0 radical (unpaired) electrons. The Bertz CT molecular complexity index is 544. The number of carbonyl (C=O) groups is 2. The van der Waals surface area contributed by atoms with E-state index in [0.717, 1.165) is 5.56 Å². The molecule has 0 aromatic heterocycles. The first-order chi connectivity index (χ1) is 10.1. The lowest BCUT2D eigenvalue weighted by Crippen LogP contribution is -2.16. The average Bonchev–Trinajstić information content (AvgIpc) is 2.46. The average molecular weight is 292 g/mol. The van der Waals surface area contributed by atoms with Gasteiger partial charge in [-0.15, -0.1) is 6.42 Å². The number of esters is 1.